The Hall–Kier alpha value is -2.37. The molecule has 0 aliphatic heterocycles. The molecule has 4 saturated carbocycles. The van der Waals surface area contributed by atoms with Crippen LogP contribution in [0.5, 0.6) is 5.75 Å². The van der Waals surface area contributed by atoms with Gasteiger partial charge in [-0.2, -0.15) is 0 Å². The molecule has 0 saturated heterocycles. The van der Waals surface area contributed by atoms with E-state index in [4.69, 9.17) is 14.2 Å². The molecular formula is C29H38O5. The predicted octanol–water partition coefficient (Wildman–Crippen LogP) is 6.49. The molecule has 184 valence electrons. The third-order valence-electron chi connectivity index (χ3n) is 7.98. The Morgan fingerprint density at radius 1 is 1.15 bits per heavy atom. The third-order valence-corrected chi connectivity index (χ3v) is 7.98. The lowest BCUT2D eigenvalue weighted by Crippen LogP contribution is -2.48. The van der Waals surface area contributed by atoms with E-state index in [0.29, 0.717) is 5.57 Å². The first kappa shape index (κ1) is 24.7. The van der Waals surface area contributed by atoms with Gasteiger partial charge in [0.1, 0.15) is 5.75 Å². The van der Waals surface area contributed by atoms with Crippen molar-refractivity contribution in [2.45, 2.75) is 71.0 Å². The summed E-state index contributed by atoms with van der Waals surface area (Å²) in [6.07, 6.45) is 14.8. The number of carbonyl (C=O) groups is 1. The van der Waals surface area contributed by atoms with Gasteiger partial charge in [0, 0.05) is 12.7 Å². The molecule has 4 aliphatic carbocycles. The zero-order chi connectivity index (χ0) is 24.3. The minimum absolute atomic E-state index is 0.0608. The van der Waals surface area contributed by atoms with Gasteiger partial charge in [-0.3, -0.25) is 0 Å². The molecule has 0 spiro atoms. The first-order valence-electron chi connectivity index (χ1n) is 12.5. The van der Waals surface area contributed by atoms with E-state index in [1.807, 2.05) is 57.2 Å². The molecule has 0 heterocycles. The summed E-state index contributed by atoms with van der Waals surface area (Å²) in [5.41, 5.74) is 3.02. The Kier molecular flexibility index (Phi) is 7.63. The molecular weight excluding hydrogens is 428 g/mol. The van der Waals surface area contributed by atoms with Gasteiger partial charge < -0.3 is 19.3 Å². The van der Waals surface area contributed by atoms with Crippen LogP contribution < -0.4 is 4.74 Å². The average molecular weight is 467 g/mol. The molecule has 1 atom stereocenters. The van der Waals surface area contributed by atoms with E-state index in [1.54, 1.807) is 7.11 Å². The molecule has 4 aliphatic rings. The summed E-state index contributed by atoms with van der Waals surface area (Å²) >= 11 is 0. The highest BCUT2D eigenvalue weighted by Crippen LogP contribution is 2.62. The van der Waals surface area contributed by atoms with Crippen LogP contribution in [-0.2, 0) is 19.7 Å². The van der Waals surface area contributed by atoms with Crippen molar-refractivity contribution in [3.63, 3.8) is 0 Å². The summed E-state index contributed by atoms with van der Waals surface area (Å²) in [5.74, 6) is 2.21. The van der Waals surface area contributed by atoms with Crippen LogP contribution in [0.1, 0.15) is 70.4 Å². The van der Waals surface area contributed by atoms with Gasteiger partial charge in [-0.25, -0.2) is 4.79 Å². The second-order valence-electron chi connectivity index (χ2n) is 10.4. The Morgan fingerprint density at radius 2 is 1.79 bits per heavy atom. The van der Waals surface area contributed by atoms with Crippen LogP contribution in [0, 0.1) is 17.8 Å². The van der Waals surface area contributed by atoms with Crippen molar-refractivity contribution in [2.24, 2.45) is 17.8 Å². The maximum absolute atomic E-state index is 12.3. The van der Waals surface area contributed by atoms with E-state index in [0.717, 1.165) is 40.2 Å². The van der Waals surface area contributed by atoms with Gasteiger partial charge >= 0.3 is 5.97 Å². The normalized spacial score (nSPS) is 29.6. The summed E-state index contributed by atoms with van der Waals surface area (Å²) in [7, 11) is 1.60. The summed E-state index contributed by atoms with van der Waals surface area (Å²) in [4.78, 5) is 12.3. The highest BCUT2D eigenvalue weighted by Gasteiger charge is 2.52. The largest absolute Gasteiger partial charge is 0.478 e. The van der Waals surface area contributed by atoms with Crippen LogP contribution in [0.25, 0.3) is 5.57 Å². The highest BCUT2D eigenvalue weighted by atomic mass is 16.7. The number of ether oxygens (including phenoxy) is 3. The summed E-state index contributed by atoms with van der Waals surface area (Å²) in [6, 6.07) is 5.91. The van der Waals surface area contributed by atoms with Gasteiger partial charge in [0.25, 0.3) is 0 Å². The molecule has 1 aromatic carbocycles. The second-order valence-corrected chi connectivity index (χ2v) is 10.4. The van der Waals surface area contributed by atoms with Crippen molar-refractivity contribution in [3.05, 3.63) is 59.2 Å². The Bertz CT molecular complexity index is 951. The first-order valence-corrected chi connectivity index (χ1v) is 12.5. The number of benzene rings is 1. The van der Waals surface area contributed by atoms with Crippen LogP contribution in [0.4, 0.5) is 0 Å². The molecule has 5 rings (SSSR count). The third kappa shape index (κ3) is 5.16. The number of rotatable bonds is 10. The zero-order valence-corrected chi connectivity index (χ0v) is 20.9. The van der Waals surface area contributed by atoms with Crippen molar-refractivity contribution < 1.29 is 24.1 Å². The molecule has 1 N–H and O–H groups in total. The molecule has 5 heteroatoms. The van der Waals surface area contributed by atoms with Gasteiger partial charge in [-0.15, -0.1) is 0 Å². The van der Waals surface area contributed by atoms with Crippen LogP contribution in [0.3, 0.4) is 0 Å². The smallest absolute Gasteiger partial charge is 0.336 e. The number of hydrogen-bond donors (Lipinski definition) is 1. The van der Waals surface area contributed by atoms with Crippen molar-refractivity contribution >= 4 is 11.5 Å². The number of aliphatic carboxylic acids is 1. The van der Waals surface area contributed by atoms with Crippen LogP contribution in [-0.4, -0.2) is 31.3 Å². The van der Waals surface area contributed by atoms with Gasteiger partial charge in [-0.1, -0.05) is 30.4 Å². The van der Waals surface area contributed by atoms with Gasteiger partial charge in [0.2, 0.25) is 0 Å². The van der Waals surface area contributed by atoms with Crippen molar-refractivity contribution in [1.29, 1.82) is 0 Å². The fraction of sp³-hybridized carbons (Fsp3) is 0.552. The number of hydrogen-bond acceptors (Lipinski definition) is 4. The summed E-state index contributed by atoms with van der Waals surface area (Å²) in [5, 5.41) is 10.1. The first-order chi connectivity index (χ1) is 16.3. The maximum Gasteiger partial charge on any atom is 0.336 e. The molecule has 1 aromatic rings. The maximum atomic E-state index is 12.3. The molecule has 0 amide bonds. The average Bonchev–Trinajstić information content (AvgIpc) is 2.78. The highest BCUT2D eigenvalue weighted by molar-refractivity contribution is 6.17. The molecule has 4 bridgehead atoms. The Balaban J connectivity index is 1.74. The summed E-state index contributed by atoms with van der Waals surface area (Å²) in [6.45, 7) is 5.73. The lowest BCUT2D eigenvalue weighted by Gasteiger charge is -2.57. The van der Waals surface area contributed by atoms with Gasteiger partial charge in [0.05, 0.1) is 5.57 Å². The SMILES string of the molecule is CC=CC=CC(C)=C(C(=O)O)c1ccc(OCOC(C)OC)c(C23CC4CC(CC(C4)C2)C3)c1. The minimum atomic E-state index is -0.912. The fourth-order valence-corrected chi connectivity index (χ4v) is 6.84. The van der Waals surface area contributed by atoms with Crippen LogP contribution >= 0.6 is 0 Å². The number of allylic oxidation sites excluding steroid dienone is 5. The lowest BCUT2D eigenvalue weighted by atomic mass is 9.48. The monoisotopic (exact) mass is 466 g/mol. The molecule has 0 radical (unpaired) electrons. The number of carboxylic acids is 1. The Labute approximate surface area is 203 Å². The van der Waals surface area contributed by atoms with E-state index in [2.05, 4.69) is 6.07 Å². The van der Waals surface area contributed by atoms with Crippen molar-refractivity contribution in [3.8, 4) is 5.75 Å². The van der Waals surface area contributed by atoms with E-state index in [1.165, 1.54) is 38.5 Å². The topological polar surface area (TPSA) is 65.0 Å². The van der Waals surface area contributed by atoms with Gasteiger partial charge in [0.15, 0.2) is 13.1 Å². The van der Waals surface area contributed by atoms with Crippen LogP contribution in [0.2, 0.25) is 0 Å². The fourth-order valence-electron chi connectivity index (χ4n) is 6.84. The van der Waals surface area contributed by atoms with Crippen molar-refractivity contribution in [1.82, 2.24) is 0 Å². The quantitative estimate of drug-likeness (QED) is 0.243. The minimum Gasteiger partial charge on any atom is -0.478 e. The van der Waals surface area contributed by atoms with Gasteiger partial charge in [-0.05, 0) is 106 Å². The molecule has 1 unspecified atom stereocenters. The lowest BCUT2D eigenvalue weighted by molar-refractivity contribution is -0.150. The number of carboxylic acid groups (broad SMARTS) is 1. The molecule has 0 aromatic heterocycles. The molecule has 5 nitrogen and oxygen atoms in total. The molecule has 34 heavy (non-hydrogen) atoms. The zero-order valence-electron chi connectivity index (χ0n) is 20.9. The van der Waals surface area contributed by atoms with E-state index in [9.17, 15) is 9.90 Å². The van der Waals surface area contributed by atoms with E-state index >= 15 is 0 Å². The van der Waals surface area contributed by atoms with E-state index in [-0.39, 0.29) is 18.5 Å². The second kappa shape index (κ2) is 10.5. The van der Waals surface area contributed by atoms with Crippen LogP contribution in [0.15, 0.2) is 48.1 Å². The number of methoxy groups -OCH3 is 1. The van der Waals surface area contributed by atoms with Crippen molar-refractivity contribution in [2.75, 3.05) is 13.9 Å². The van der Waals surface area contributed by atoms with E-state index < -0.39 is 5.97 Å². The standard InChI is InChI=1S/C29H38O5/c1-5-6-7-8-19(2)27(28(30)31)24-9-10-26(34-18-33-20(3)32-4)25(14-24)29-15-21-11-22(16-29)13-23(12-21)17-29/h5-10,14,20-23H,11-13,15-18H2,1-4H3,(H,30,31). The predicted molar refractivity (Wildman–Crippen MR) is 134 cm³/mol. The molecule has 4 fully saturated rings. The summed E-state index contributed by atoms with van der Waals surface area (Å²) < 4.78 is 16.9. The Morgan fingerprint density at radius 3 is 2.35 bits per heavy atom.